The second kappa shape index (κ2) is 9.82. The zero-order valence-corrected chi connectivity index (χ0v) is 15.4. The fourth-order valence-corrected chi connectivity index (χ4v) is 2.53. The minimum atomic E-state index is -0.957. The van der Waals surface area contributed by atoms with Crippen LogP contribution in [0.5, 0.6) is 5.75 Å². The van der Waals surface area contributed by atoms with Crippen LogP contribution in [-0.4, -0.2) is 30.1 Å². The molecule has 0 heterocycles. The smallest absolute Gasteiger partial charge is 0.335 e. The van der Waals surface area contributed by atoms with Crippen molar-refractivity contribution in [1.82, 2.24) is 5.32 Å². The number of hydrogen-bond acceptors (Lipinski definition) is 3. The van der Waals surface area contributed by atoms with Crippen LogP contribution >= 0.6 is 11.6 Å². The molecule has 0 radical (unpaired) electrons. The molecule has 2 aromatic rings. The molecule has 0 atom stereocenters. The minimum absolute atomic E-state index is 0.241. The Labute approximate surface area is 157 Å². The molecule has 6 heteroatoms. The lowest BCUT2D eigenvalue weighted by molar-refractivity contribution is 0.0696. The van der Waals surface area contributed by atoms with Gasteiger partial charge in [-0.15, -0.1) is 0 Å². The Hall–Kier alpha value is -2.53. The number of ether oxygens (including phenoxy) is 1. The number of unbranched alkanes of at least 4 members (excludes halogenated alkanes) is 1. The topological polar surface area (TPSA) is 75.6 Å². The second-order valence-corrected chi connectivity index (χ2v) is 6.29. The summed E-state index contributed by atoms with van der Waals surface area (Å²) in [7, 11) is 0. The number of halogens is 1. The van der Waals surface area contributed by atoms with Crippen molar-refractivity contribution in [3.05, 3.63) is 64.2 Å². The monoisotopic (exact) mass is 375 g/mol. The van der Waals surface area contributed by atoms with Crippen LogP contribution < -0.4 is 10.1 Å². The van der Waals surface area contributed by atoms with Crippen LogP contribution in [0.25, 0.3) is 0 Å². The van der Waals surface area contributed by atoms with E-state index in [1.54, 1.807) is 42.5 Å². The number of aromatic carboxylic acids is 1. The number of rotatable bonds is 9. The highest BCUT2D eigenvalue weighted by molar-refractivity contribution is 6.31. The van der Waals surface area contributed by atoms with E-state index in [-0.39, 0.29) is 11.5 Å². The van der Waals surface area contributed by atoms with Gasteiger partial charge in [-0.25, -0.2) is 4.79 Å². The zero-order valence-electron chi connectivity index (χ0n) is 14.6. The number of hydrogen-bond donors (Lipinski definition) is 2. The second-order valence-electron chi connectivity index (χ2n) is 5.85. The number of benzene rings is 2. The van der Waals surface area contributed by atoms with Crippen molar-refractivity contribution < 1.29 is 19.4 Å². The lowest BCUT2D eigenvalue weighted by Gasteiger charge is -2.12. The highest BCUT2D eigenvalue weighted by Gasteiger charge is 2.13. The van der Waals surface area contributed by atoms with Gasteiger partial charge in [0.1, 0.15) is 5.75 Å². The average Bonchev–Trinajstić information content (AvgIpc) is 2.63. The summed E-state index contributed by atoms with van der Waals surface area (Å²) in [6, 6.07) is 11.6. The Kier molecular flexibility index (Phi) is 7.48. The number of carboxylic acid groups (broad SMARTS) is 1. The third-order valence-corrected chi connectivity index (χ3v) is 4.08. The Morgan fingerprint density at radius 1 is 1.15 bits per heavy atom. The molecule has 0 aliphatic carbocycles. The van der Waals surface area contributed by atoms with Gasteiger partial charge >= 0.3 is 5.97 Å². The Morgan fingerprint density at radius 2 is 1.88 bits per heavy atom. The third-order valence-electron chi connectivity index (χ3n) is 3.84. The van der Waals surface area contributed by atoms with Gasteiger partial charge in [-0.3, -0.25) is 4.79 Å². The summed E-state index contributed by atoms with van der Waals surface area (Å²) in [6.07, 6.45) is 2.52. The molecule has 2 N–H and O–H groups in total. The van der Waals surface area contributed by atoms with E-state index in [1.165, 1.54) is 0 Å². The Morgan fingerprint density at radius 3 is 2.54 bits per heavy atom. The van der Waals surface area contributed by atoms with Crippen LogP contribution in [0, 0.1) is 0 Å². The van der Waals surface area contributed by atoms with Crippen LogP contribution in [0.3, 0.4) is 0 Å². The normalized spacial score (nSPS) is 10.4. The molecule has 5 nitrogen and oxygen atoms in total. The predicted octanol–water partition coefficient (Wildman–Crippen LogP) is 4.19. The maximum Gasteiger partial charge on any atom is 0.335 e. The SMILES string of the molecule is CCCCOc1ccc(Cl)cc1C(=O)NCCc1ccc(C(=O)O)cc1. The van der Waals surface area contributed by atoms with Gasteiger partial charge in [0.2, 0.25) is 0 Å². The molecule has 26 heavy (non-hydrogen) atoms. The van der Waals surface area contributed by atoms with E-state index >= 15 is 0 Å². The van der Waals surface area contributed by atoms with Gasteiger partial charge in [-0.05, 0) is 48.7 Å². The van der Waals surface area contributed by atoms with E-state index in [0.29, 0.717) is 35.9 Å². The number of carbonyl (C=O) groups is 2. The van der Waals surface area contributed by atoms with Crippen molar-refractivity contribution in [3.63, 3.8) is 0 Å². The first-order valence-electron chi connectivity index (χ1n) is 8.54. The third kappa shape index (κ3) is 5.77. The van der Waals surface area contributed by atoms with Crippen molar-refractivity contribution in [3.8, 4) is 5.75 Å². The number of amides is 1. The van der Waals surface area contributed by atoms with Crippen LogP contribution in [0.4, 0.5) is 0 Å². The summed E-state index contributed by atoms with van der Waals surface area (Å²) in [4.78, 5) is 23.3. The van der Waals surface area contributed by atoms with Gasteiger partial charge < -0.3 is 15.2 Å². The first kappa shape index (κ1) is 19.8. The molecule has 0 aliphatic rings. The molecular formula is C20H22ClNO4. The molecule has 138 valence electrons. The molecule has 2 rings (SSSR count). The Balaban J connectivity index is 1.94. The minimum Gasteiger partial charge on any atom is -0.493 e. The summed E-state index contributed by atoms with van der Waals surface area (Å²) < 4.78 is 5.68. The molecule has 0 fully saturated rings. The van der Waals surface area contributed by atoms with Crippen LogP contribution in [0.15, 0.2) is 42.5 Å². The highest BCUT2D eigenvalue weighted by Crippen LogP contribution is 2.23. The number of nitrogens with one attached hydrogen (secondary N) is 1. The highest BCUT2D eigenvalue weighted by atomic mass is 35.5. The maximum absolute atomic E-state index is 12.5. The van der Waals surface area contributed by atoms with Gasteiger partial charge in [0, 0.05) is 11.6 Å². The van der Waals surface area contributed by atoms with Crippen molar-refractivity contribution in [1.29, 1.82) is 0 Å². The van der Waals surface area contributed by atoms with E-state index in [9.17, 15) is 9.59 Å². The van der Waals surface area contributed by atoms with E-state index in [4.69, 9.17) is 21.4 Å². The molecule has 0 saturated carbocycles. The van der Waals surface area contributed by atoms with E-state index in [2.05, 4.69) is 12.2 Å². The molecule has 1 amide bonds. The predicted molar refractivity (Wildman–Crippen MR) is 101 cm³/mol. The van der Waals surface area contributed by atoms with Gasteiger partial charge in [0.25, 0.3) is 5.91 Å². The van der Waals surface area contributed by atoms with Crippen molar-refractivity contribution in [2.45, 2.75) is 26.2 Å². The maximum atomic E-state index is 12.5. The molecular weight excluding hydrogens is 354 g/mol. The van der Waals surface area contributed by atoms with Gasteiger partial charge in [-0.2, -0.15) is 0 Å². The molecule has 0 spiro atoms. The molecule has 0 aliphatic heterocycles. The van der Waals surface area contributed by atoms with Crippen molar-refractivity contribution >= 4 is 23.5 Å². The lowest BCUT2D eigenvalue weighted by Crippen LogP contribution is -2.26. The van der Waals surface area contributed by atoms with Crippen LogP contribution in [0.1, 0.15) is 46.0 Å². The van der Waals surface area contributed by atoms with E-state index < -0.39 is 5.97 Å². The molecule has 0 unspecified atom stereocenters. The van der Waals surface area contributed by atoms with Crippen molar-refractivity contribution in [2.75, 3.05) is 13.2 Å². The molecule has 0 aromatic heterocycles. The summed E-state index contributed by atoms with van der Waals surface area (Å²) in [5, 5.41) is 12.2. The number of carboxylic acids is 1. The van der Waals surface area contributed by atoms with E-state index in [1.807, 2.05) is 0 Å². The standard InChI is InChI=1S/C20H22ClNO4/c1-2-3-12-26-18-9-8-16(21)13-17(18)19(23)22-11-10-14-4-6-15(7-5-14)20(24)25/h4-9,13H,2-3,10-12H2,1H3,(H,22,23)(H,24,25). The first-order valence-corrected chi connectivity index (χ1v) is 8.92. The lowest BCUT2D eigenvalue weighted by atomic mass is 10.1. The van der Waals surface area contributed by atoms with Crippen LogP contribution in [-0.2, 0) is 6.42 Å². The van der Waals surface area contributed by atoms with Crippen LogP contribution in [0.2, 0.25) is 5.02 Å². The van der Waals surface area contributed by atoms with E-state index in [0.717, 1.165) is 18.4 Å². The summed E-state index contributed by atoms with van der Waals surface area (Å²) in [5.41, 5.74) is 1.60. The van der Waals surface area contributed by atoms with Crippen molar-refractivity contribution in [2.24, 2.45) is 0 Å². The fraction of sp³-hybridized carbons (Fsp3) is 0.300. The largest absolute Gasteiger partial charge is 0.493 e. The molecule has 0 saturated heterocycles. The quantitative estimate of drug-likeness (QED) is 0.644. The number of carbonyl (C=O) groups excluding carboxylic acids is 1. The first-order chi connectivity index (χ1) is 12.5. The van der Waals surface area contributed by atoms with Gasteiger partial charge in [-0.1, -0.05) is 37.1 Å². The summed E-state index contributed by atoms with van der Waals surface area (Å²) in [5.74, 6) is -0.686. The molecule has 0 bridgehead atoms. The van der Waals surface area contributed by atoms with Gasteiger partial charge in [0.05, 0.1) is 17.7 Å². The summed E-state index contributed by atoms with van der Waals surface area (Å²) >= 11 is 6.01. The fourth-order valence-electron chi connectivity index (χ4n) is 2.36. The summed E-state index contributed by atoms with van der Waals surface area (Å²) in [6.45, 7) is 3.04. The zero-order chi connectivity index (χ0) is 18.9. The van der Waals surface area contributed by atoms with Gasteiger partial charge in [0.15, 0.2) is 0 Å². The average molecular weight is 376 g/mol. The molecule has 2 aromatic carbocycles. The Bertz CT molecular complexity index is 759.